The molecule has 2 aliphatic rings. The van der Waals surface area contributed by atoms with E-state index in [0.717, 1.165) is 11.6 Å². The van der Waals surface area contributed by atoms with Crippen molar-refractivity contribution in [3.05, 3.63) is 64.4 Å². The van der Waals surface area contributed by atoms with Crippen LogP contribution >= 0.6 is 11.6 Å². The van der Waals surface area contributed by atoms with Gasteiger partial charge in [0.1, 0.15) is 17.9 Å². The highest BCUT2D eigenvalue weighted by molar-refractivity contribution is 6.31. The first-order valence-corrected chi connectivity index (χ1v) is 11.8. The number of likely N-dealkylation sites (N-methyl/N-ethyl adjacent to an activating group) is 1. The molecule has 0 aliphatic carbocycles. The number of amides is 3. The fourth-order valence-corrected chi connectivity index (χ4v) is 5.20. The van der Waals surface area contributed by atoms with E-state index in [9.17, 15) is 24.0 Å². The number of para-hydroxylation sites is 1. The Morgan fingerprint density at radius 3 is 2.69 bits per heavy atom. The van der Waals surface area contributed by atoms with Crippen molar-refractivity contribution in [2.24, 2.45) is 5.92 Å². The van der Waals surface area contributed by atoms with Gasteiger partial charge in [-0.1, -0.05) is 43.6 Å². The number of hydrogen-bond acceptors (Lipinski definition) is 4. The second-order valence-electron chi connectivity index (χ2n) is 9.59. The first-order chi connectivity index (χ1) is 16.6. The number of nitriles is 1. The Balaban J connectivity index is 1.66. The Morgan fingerprint density at radius 2 is 2.03 bits per heavy atom. The van der Waals surface area contributed by atoms with Gasteiger partial charge in [-0.3, -0.25) is 14.4 Å². The summed E-state index contributed by atoms with van der Waals surface area (Å²) >= 11 is 5.86. The predicted molar refractivity (Wildman–Crippen MR) is 129 cm³/mol. The molecule has 0 bridgehead atoms. The smallest absolute Gasteiger partial charge is 0.254 e. The standard InChI is InChI=1S/C26H26ClFN4O3/c1-15(2)10-22(31(3)23(33)16-8-9-20(28)19(27)11-16)24(34)32-14-26(12-17(32)13-29)18-6-4-5-7-21(18)30-25(26)35/h4-9,11,15,17,22H,10,12,14H2,1-3H3,(H,30,35)/t17?,22-,26-/m0/s1. The van der Waals surface area contributed by atoms with Crippen molar-refractivity contribution in [1.82, 2.24) is 9.80 Å². The molecule has 3 atom stereocenters. The molecule has 0 aromatic heterocycles. The maximum Gasteiger partial charge on any atom is 0.254 e. The average molecular weight is 497 g/mol. The molecule has 1 saturated heterocycles. The van der Waals surface area contributed by atoms with E-state index in [1.54, 1.807) is 6.07 Å². The quantitative estimate of drug-likeness (QED) is 0.677. The summed E-state index contributed by atoms with van der Waals surface area (Å²) in [6.07, 6.45) is 0.526. The number of benzene rings is 2. The summed E-state index contributed by atoms with van der Waals surface area (Å²) in [6.45, 7) is 3.91. The molecule has 2 heterocycles. The Hall–Kier alpha value is -3.44. The molecule has 182 valence electrons. The molecular formula is C26H26ClFN4O3. The molecule has 7 nitrogen and oxygen atoms in total. The van der Waals surface area contributed by atoms with Crippen molar-refractivity contribution < 1.29 is 18.8 Å². The van der Waals surface area contributed by atoms with E-state index in [1.807, 2.05) is 32.0 Å². The van der Waals surface area contributed by atoms with Gasteiger partial charge in [0.25, 0.3) is 5.91 Å². The van der Waals surface area contributed by atoms with Crippen LogP contribution in [-0.4, -0.2) is 53.2 Å². The zero-order chi connectivity index (χ0) is 25.5. The number of carbonyl (C=O) groups is 3. The Bertz CT molecular complexity index is 1240. The summed E-state index contributed by atoms with van der Waals surface area (Å²) < 4.78 is 13.6. The number of hydrogen-bond donors (Lipinski definition) is 1. The lowest BCUT2D eigenvalue weighted by Crippen LogP contribution is -2.52. The molecule has 2 aromatic rings. The number of halogens is 2. The van der Waals surface area contributed by atoms with Crippen LogP contribution in [-0.2, 0) is 15.0 Å². The van der Waals surface area contributed by atoms with Gasteiger partial charge in [-0.05, 0) is 42.2 Å². The lowest BCUT2D eigenvalue weighted by Gasteiger charge is -2.33. The first-order valence-electron chi connectivity index (χ1n) is 11.4. The third-order valence-corrected chi connectivity index (χ3v) is 7.14. The van der Waals surface area contributed by atoms with Gasteiger partial charge >= 0.3 is 0 Å². The number of carbonyl (C=O) groups excluding carboxylic acids is 3. The van der Waals surface area contributed by atoms with Gasteiger partial charge in [-0.15, -0.1) is 0 Å². The fraction of sp³-hybridized carbons (Fsp3) is 0.385. The lowest BCUT2D eigenvalue weighted by molar-refractivity contribution is -0.136. The van der Waals surface area contributed by atoms with Crippen LogP contribution in [0.4, 0.5) is 10.1 Å². The van der Waals surface area contributed by atoms with E-state index < -0.39 is 35.1 Å². The van der Waals surface area contributed by atoms with Gasteiger partial charge in [0.15, 0.2) is 0 Å². The molecule has 1 fully saturated rings. The largest absolute Gasteiger partial charge is 0.330 e. The van der Waals surface area contributed by atoms with Crippen LogP contribution in [0.3, 0.4) is 0 Å². The molecule has 3 amide bonds. The summed E-state index contributed by atoms with van der Waals surface area (Å²) in [5.74, 6) is -1.71. The number of nitrogens with one attached hydrogen (secondary N) is 1. The van der Waals surface area contributed by atoms with Crippen LogP contribution in [0.15, 0.2) is 42.5 Å². The Kier molecular flexibility index (Phi) is 6.56. The van der Waals surface area contributed by atoms with Crippen LogP contribution in [0.1, 0.15) is 42.6 Å². The lowest BCUT2D eigenvalue weighted by atomic mass is 9.80. The van der Waals surface area contributed by atoms with Crippen molar-refractivity contribution in [2.75, 3.05) is 18.9 Å². The summed E-state index contributed by atoms with van der Waals surface area (Å²) in [5, 5.41) is 12.6. The van der Waals surface area contributed by atoms with Crippen molar-refractivity contribution >= 4 is 35.0 Å². The van der Waals surface area contributed by atoms with Crippen LogP contribution in [0.5, 0.6) is 0 Å². The second kappa shape index (κ2) is 9.31. The number of likely N-dealkylation sites (tertiary alicyclic amines) is 1. The van der Waals surface area contributed by atoms with Crippen LogP contribution < -0.4 is 5.32 Å². The third kappa shape index (κ3) is 4.25. The number of anilines is 1. The summed E-state index contributed by atoms with van der Waals surface area (Å²) in [5.41, 5.74) is 0.593. The zero-order valence-corrected chi connectivity index (χ0v) is 20.5. The van der Waals surface area contributed by atoms with Crippen molar-refractivity contribution in [1.29, 1.82) is 5.26 Å². The fourth-order valence-electron chi connectivity index (χ4n) is 5.02. The minimum absolute atomic E-state index is 0.0475. The molecule has 1 spiro atoms. The predicted octanol–water partition coefficient (Wildman–Crippen LogP) is 3.98. The first kappa shape index (κ1) is 24.7. The third-order valence-electron chi connectivity index (χ3n) is 6.85. The molecular weight excluding hydrogens is 471 g/mol. The van der Waals surface area contributed by atoms with Crippen LogP contribution in [0.2, 0.25) is 5.02 Å². The van der Waals surface area contributed by atoms with Gasteiger partial charge < -0.3 is 15.1 Å². The monoisotopic (exact) mass is 496 g/mol. The second-order valence-corrected chi connectivity index (χ2v) is 9.99. The maximum atomic E-state index is 13.9. The molecule has 0 radical (unpaired) electrons. The summed E-state index contributed by atoms with van der Waals surface area (Å²) in [6, 6.07) is 11.4. The minimum Gasteiger partial charge on any atom is -0.330 e. The summed E-state index contributed by atoms with van der Waals surface area (Å²) in [4.78, 5) is 42.9. The molecule has 2 aromatic carbocycles. The van der Waals surface area contributed by atoms with E-state index in [0.29, 0.717) is 12.1 Å². The Labute approximate surface area is 208 Å². The molecule has 9 heteroatoms. The van der Waals surface area contributed by atoms with Crippen LogP contribution in [0.25, 0.3) is 0 Å². The number of nitrogens with zero attached hydrogens (tertiary/aromatic N) is 3. The molecule has 1 N–H and O–H groups in total. The Morgan fingerprint density at radius 1 is 1.31 bits per heavy atom. The van der Waals surface area contributed by atoms with E-state index >= 15 is 0 Å². The van der Waals surface area contributed by atoms with Gasteiger partial charge in [0.05, 0.1) is 16.5 Å². The van der Waals surface area contributed by atoms with Gasteiger partial charge in [-0.2, -0.15) is 5.26 Å². The van der Waals surface area contributed by atoms with Gasteiger partial charge in [0, 0.05) is 31.3 Å². The molecule has 1 unspecified atom stereocenters. The van der Waals surface area contributed by atoms with Crippen molar-refractivity contribution in [3.63, 3.8) is 0 Å². The van der Waals surface area contributed by atoms with E-state index in [1.165, 1.54) is 29.0 Å². The zero-order valence-electron chi connectivity index (χ0n) is 19.7. The average Bonchev–Trinajstić information content (AvgIpc) is 3.36. The SMILES string of the molecule is CC(C)C[C@@H](C(=O)N1C[C@]2(CC1C#N)C(=O)Nc1ccccc12)N(C)C(=O)c1ccc(F)c(Cl)c1. The highest BCUT2D eigenvalue weighted by atomic mass is 35.5. The maximum absolute atomic E-state index is 13.9. The molecule has 0 saturated carbocycles. The van der Waals surface area contributed by atoms with Crippen molar-refractivity contribution in [3.8, 4) is 6.07 Å². The normalized spacial score (nSPS) is 21.6. The van der Waals surface area contributed by atoms with E-state index in [-0.39, 0.29) is 35.4 Å². The highest BCUT2D eigenvalue weighted by Crippen LogP contribution is 2.46. The van der Waals surface area contributed by atoms with E-state index in [2.05, 4.69) is 11.4 Å². The minimum atomic E-state index is -1.01. The molecule has 2 aliphatic heterocycles. The summed E-state index contributed by atoms with van der Waals surface area (Å²) in [7, 11) is 1.51. The number of rotatable bonds is 5. The topological polar surface area (TPSA) is 93.5 Å². The molecule has 35 heavy (non-hydrogen) atoms. The van der Waals surface area contributed by atoms with E-state index in [4.69, 9.17) is 11.6 Å². The van der Waals surface area contributed by atoms with Gasteiger partial charge in [0.2, 0.25) is 11.8 Å². The number of fused-ring (bicyclic) bond motifs is 2. The van der Waals surface area contributed by atoms with Gasteiger partial charge in [-0.25, -0.2) is 4.39 Å². The van der Waals surface area contributed by atoms with Crippen LogP contribution in [0, 0.1) is 23.1 Å². The molecule has 4 rings (SSSR count). The van der Waals surface area contributed by atoms with Crippen molar-refractivity contribution in [2.45, 2.75) is 44.2 Å². The highest BCUT2D eigenvalue weighted by Gasteiger charge is 2.56.